The molecule has 1 aromatic heterocycles. The van der Waals surface area contributed by atoms with Crippen LogP contribution in [0.5, 0.6) is 0 Å². The predicted octanol–water partition coefficient (Wildman–Crippen LogP) is 0.470. The highest BCUT2D eigenvalue weighted by Gasteiger charge is 2.26. The third-order valence-corrected chi connectivity index (χ3v) is 3.92. The molecule has 0 aliphatic carbocycles. The van der Waals surface area contributed by atoms with Gasteiger partial charge in [0, 0.05) is 38.4 Å². The molecule has 1 aromatic rings. The third kappa shape index (κ3) is 3.99. The number of nitrogens with zero attached hydrogens (tertiary/aromatic N) is 3. The Labute approximate surface area is 121 Å². The molecule has 1 aliphatic rings. The number of aliphatic hydroxyl groups excluding tert-OH is 1. The van der Waals surface area contributed by atoms with E-state index in [0.717, 1.165) is 44.8 Å². The molecule has 1 saturated heterocycles. The molecule has 2 atom stereocenters. The smallest absolute Gasteiger partial charge is 0.0671 e. The molecular weight excluding hydrogens is 252 g/mol. The van der Waals surface area contributed by atoms with E-state index >= 15 is 0 Å². The highest BCUT2D eigenvalue weighted by Crippen LogP contribution is 2.23. The summed E-state index contributed by atoms with van der Waals surface area (Å²) >= 11 is 0. The minimum absolute atomic E-state index is 0.0503. The quantitative estimate of drug-likeness (QED) is 0.819. The number of aromatic nitrogens is 1. The number of pyridine rings is 1. The van der Waals surface area contributed by atoms with Crippen LogP contribution < -0.4 is 5.73 Å². The Morgan fingerprint density at radius 1 is 1.30 bits per heavy atom. The second-order valence-electron chi connectivity index (χ2n) is 5.51. The van der Waals surface area contributed by atoms with Crippen LogP contribution in [0, 0.1) is 0 Å². The average Bonchev–Trinajstić information content (AvgIpc) is 2.66. The van der Waals surface area contributed by atoms with E-state index in [2.05, 4.69) is 27.8 Å². The summed E-state index contributed by atoms with van der Waals surface area (Å²) in [6.45, 7) is 7.09. The van der Waals surface area contributed by atoms with E-state index in [4.69, 9.17) is 10.8 Å². The van der Waals surface area contributed by atoms with E-state index in [1.807, 2.05) is 18.3 Å². The maximum Gasteiger partial charge on any atom is 0.0671 e. The van der Waals surface area contributed by atoms with Crippen LogP contribution in [-0.2, 0) is 0 Å². The van der Waals surface area contributed by atoms with Crippen molar-refractivity contribution in [2.75, 3.05) is 39.3 Å². The second kappa shape index (κ2) is 7.69. The molecular formula is C15H26N4O. The fourth-order valence-electron chi connectivity index (χ4n) is 2.97. The minimum Gasteiger partial charge on any atom is -0.395 e. The first-order chi connectivity index (χ1) is 9.72. The maximum absolute atomic E-state index is 9.07. The Balaban J connectivity index is 2.07. The summed E-state index contributed by atoms with van der Waals surface area (Å²) in [6, 6.07) is 6.24. The van der Waals surface area contributed by atoms with Crippen molar-refractivity contribution in [1.82, 2.24) is 14.8 Å². The van der Waals surface area contributed by atoms with Crippen LogP contribution in [0.4, 0.5) is 0 Å². The predicted molar refractivity (Wildman–Crippen MR) is 80.3 cm³/mol. The molecule has 112 valence electrons. The van der Waals surface area contributed by atoms with Gasteiger partial charge >= 0.3 is 0 Å². The Kier molecular flexibility index (Phi) is 5.91. The molecule has 0 radical (unpaired) electrons. The van der Waals surface area contributed by atoms with Crippen molar-refractivity contribution in [3.63, 3.8) is 0 Å². The molecule has 20 heavy (non-hydrogen) atoms. The van der Waals surface area contributed by atoms with Crippen molar-refractivity contribution in [2.45, 2.75) is 25.4 Å². The van der Waals surface area contributed by atoms with Crippen molar-refractivity contribution in [1.29, 1.82) is 0 Å². The first-order valence-electron chi connectivity index (χ1n) is 7.46. The molecule has 0 bridgehead atoms. The van der Waals surface area contributed by atoms with Crippen molar-refractivity contribution in [2.24, 2.45) is 5.73 Å². The second-order valence-corrected chi connectivity index (χ2v) is 5.51. The van der Waals surface area contributed by atoms with Crippen molar-refractivity contribution < 1.29 is 5.11 Å². The highest BCUT2D eigenvalue weighted by atomic mass is 16.3. The number of β-amino-alcohol motifs (C(OH)–C–C–N with tert-alkyl or cyclic N) is 1. The number of aliphatic hydroxyl groups is 1. The van der Waals surface area contributed by atoms with Gasteiger partial charge in [0.2, 0.25) is 0 Å². The van der Waals surface area contributed by atoms with Crippen LogP contribution in [0.25, 0.3) is 0 Å². The lowest BCUT2D eigenvalue weighted by Gasteiger charge is -2.33. The van der Waals surface area contributed by atoms with E-state index in [9.17, 15) is 0 Å². The van der Waals surface area contributed by atoms with Gasteiger partial charge in [0.25, 0.3) is 0 Å². The van der Waals surface area contributed by atoms with Gasteiger partial charge in [0.15, 0.2) is 0 Å². The monoisotopic (exact) mass is 278 g/mol. The Bertz CT molecular complexity index is 385. The molecule has 0 aromatic carbocycles. The third-order valence-electron chi connectivity index (χ3n) is 3.92. The lowest BCUT2D eigenvalue weighted by Crippen LogP contribution is -2.42. The molecule has 2 rings (SSSR count). The van der Waals surface area contributed by atoms with E-state index < -0.39 is 0 Å². The summed E-state index contributed by atoms with van der Waals surface area (Å²) < 4.78 is 0. The van der Waals surface area contributed by atoms with Crippen LogP contribution >= 0.6 is 0 Å². The molecule has 0 spiro atoms. The molecule has 3 N–H and O–H groups in total. The first-order valence-corrected chi connectivity index (χ1v) is 7.46. The average molecular weight is 278 g/mol. The topological polar surface area (TPSA) is 65.6 Å². The van der Waals surface area contributed by atoms with Gasteiger partial charge in [-0.3, -0.25) is 14.8 Å². The summed E-state index contributed by atoms with van der Waals surface area (Å²) in [4.78, 5) is 9.24. The summed E-state index contributed by atoms with van der Waals surface area (Å²) in [5, 5.41) is 9.07. The summed E-state index contributed by atoms with van der Waals surface area (Å²) in [6.07, 6.45) is 2.94. The Hall–Kier alpha value is -1.01. The lowest BCUT2D eigenvalue weighted by molar-refractivity contribution is 0.166. The highest BCUT2D eigenvalue weighted by molar-refractivity contribution is 5.11. The zero-order chi connectivity index (χ0) is 14.4. The van der Waals surface area contributed by atoms with Gasteiger partial charge in [0.1, 0.15) is 0 Å². The molecule has 0 saturated carbocycles. The SMILES string of the molecule is CC(N)C(c1ccccn1)N1CCCN(CCO)CC1. The van der Waals surface area contributed by atoms with Crippen molar-refractivity contribution in [3.05, 3.63) is 30.1 Å². The van der Waals surface area contributed by atoms with Crippen molar-refractivity contribution in [3.8, 4) is 0 Å². The molecule has 5 nitrogen and oxygen atoms in total. The zero-order valence-electron chi connectivity index (χ0n) is 12.3. The molecule has 2 unspecified atom stereocenters. The van der Waals surface area contributed by atoms with Crippen molar-refractivity contribution >= 4 is 0 Å². The first kappa shape index (κ1) is 15.4. The Morgan fingerprint density at radius 2 is 2.15 bits per heavy atom. The normalized spacial score (nSPS) is 21.4. The van der Waals surface area contributed by atoms with Crippen LogP contribution in [0.15, 0.2) is 24.4 Å². The standard InChI is InChI=1S/C15H26N4O/c1-13(16)15(14-5-2-3-6-17-14)19-8-4-7-18(9-10-19)11-12-20/h2-3,5-6,13,15,20H,4,7-12,16H2,1H3. The molecule has 1 aliphatic heterocycles. The van der Waals surface area contributed by atoms with E-state index in [1.165, 1.54) is 0 Å². The van der Waals surface area contributed by atoms with Crippen LogP contribution in [0.3, 0.4) is 0 Å². The van der Waals surface area contributed by atoms with E-state index in [0.29, 0.717) is 0 Å². The van der Waals surface area contributed by atoms with E-state index in [1.54, 1.807) is 0 Å². The Morgan fingerprint density at radius 3 is 2.80 bits per heavy atom. The van der Waals surface area contributed by atoms with Gasteiger partial charge in [-0.2, -0.15) is 0 Å². The number of hydrogen-bond donors (Lipinski definition) is 2. The summed E-state index contributed by atoms with van der Waals surface area (Å²) in [5.74, 6) is 0. The molecule has 0 amide bonds. The van der Waals surface area contributed by atoms with Gasteiger partial charge in [-0.25, -0.2) is 0 Å². The maximum atomic E-state index is 9.07. The van der Waals surface area contributed by atoms with Crippen LogP contribution in [-0.4, -0.2) is 65.3 Å². The van der Waals surface area contributed by atoms with Gasteiger partial charge < -0.3 is 10.8 Å². The molecule has 1 fully saturated rings. The fraction of sp³-hybridized carbons (Fsp3) is 0.667. The van der Waals surface area contributed by atoms with Gasteiger partial charge in [-0.05, 0) is 32.0 Å². The van der Waals surface area contributed by atoms with Gasteiger partial charge in [-0.15, -0.1) is 0 Å². The van der Waals surface area contributed by atoms with Crippen LogP contribution in [0.2, 0.25) is 0 Å². The summed E-state index contributed by atoms with van der Waals surface area (Å²) in [5.41, 5.74) is 7.26. The lowest BCUT2D eigenvalue weighted by atomic mass is 10.0. The van der Waals surface area contributed by atoms with Crippen LogP contribution in [0.1, 0.15) is 25.1 Å². The zero-order valence-corrected chi connectivity index (χ0v) is 12.3. The van der Waals surface area contributed by atoms with E-state index in [-0.39, 0.29) is 18.7 Å². The minimum atomic E-state index is 0.0503. The number of hydrogen-bond acceptors (Lipinski definition) is 5. The fourth-order valence-corrected chi connectivity index (χ4v) is 2.97. The molecule has 5 heteroatoms. The summed E-state index contributed by atoms with van der Waals surface area (Å²) in [7, 11) is 0. The largest absolute Gasteiger partial charge is 0.395 e. The number of rotatable bonds is 5. The van der Waals surface area contributed by atoms with Gasteiger partial charge in [-0.1, -0.05) is 6.07 Å². The van der Waals surface area contributed by atoms with Gasteiger partial charge in [0.05, 0.1) is 18.3 Å². The number of nitrogens with two attached hydrogens (primary N) is 1. The molecule has 2 heterocycles.